The van der Waals surface area contributed by atoms with E-state index in [9.17, 15) is 0 Å². The van der Waals surface area contributed by atoms with E-state index in [4.69, 9.17) is 26.6 Å². The van der Waals surface area contributed by atoms with Gasteiger partial charge in [-0.25, -0.2) is 0 Å². The molecular weight excluding hydrogens is 296 g/mol. The molecule has 4 nitrogen and oxygen atoms in total. The number of ether oxygens (including phenoxy) is 1. The summed E-state index contributed by atoms with van der Waals surface area (Å²) in [5.41, 5.74) is 7.52. The topological polar surface area (TPSA) is 61.3 Å². The molecule has 0 fully saturated rings. The van der Waals surface area contributed by atoms with Gasteiger partial charge in [0.05, 0.1) is 21.9 Å². The van der Waals surface area contributed by atoms with Crippen LogP contribution in [0.15, 0.2) is 40.9 Å². The first-order valence-corrected chi connectivity index (χ1v) is 7.04. The van der Waals surface area contributed by atoms with Crippen LogP contribution in [0.2, 0.25) is 4.34 Å². The van der Waals surface area contributed by atoms with Crippen LogP contribution in [0.3, 0.4) is 0 Å². The van der Waals surface area contributed by atoms with Crippen molar-refractivity contribution in [2.24, 2.45) is 0 Å². The molecule has 2 N–H and O–H groups in total. The Morgan fingerprint density at radius 2 is 2.05 bits per heavy atom. The lowest BCUT2D eigenvalue weighted by atomic mass is 10.0. The van der Waals surface area contributed by atoms with Crippen LogP contribution in [-0.4, -0.2) is 12.3 Å². The summed E-state index contributed by atoms with van der Waals surface area (Å²) < 4.78 is 11.4. The van der Waals surface area contributed by atoms with E-state index < -0.39 is 0 Å². The summed E-state index contributed by atoms with van der Waals surface area (Å²) in [4.78, 5) is 0.875. The van der Waals surface area contributed by atoms with Crippen LogP contribution in [0.1, 0.15) is 0 Å². The zero-order valence-electron chi connectivity index (χ0n) is 10.6. The Hall–Kier alpha value is -1.98. The summed E-state index contributed by atoms with van der Waals surface area (Å²) in [7, 11) is 1.62. The van der Waals surface area contributed by atoms with Crippen molar-refractivity contribution in [2.75, 3.05) is 12.8 Å². The Labute approximate surface area is 124 Å². The van der Waals surface area contributed by atoms with E-state index in [1.54, 1.807) is 7.11 Å². The zero-order chi connectivity index (χ0) is 14.1. The Morgan fingerprint density at radius 3 is 2.75 bits per heavy atom. The standard InChI is InChI=1S/C14H11ClN2O2S/c1-18-9-5-3-2-4-8(9)12-13(19-17-14(12)16)10-6-7-11(15)20-10/h2-7H,1H3,(H2,16,17). The van der Waals surface area contributed by atoms with Crippen LogP contribution in [0, 0.1) is 0 Å². The van der Waals surface area contributed by atoms with E-state index in [1.165, 1.54) is 11.3 Å². The summed E-state index contributed by atoms with van der Waals surface area (Å²) in [6.07, 6.45) is 0. The smallest absolute Gasteiger partial charge is 0.187 e. The highest BCUT2D eigenvalue weighted by molar-refractivity contribution is 7.19. The Kier molecular flexibility index (Phi) is 3.38. The van der Waals surface area contributed by atoms with Crippen LogP contribution < -0.4 is 10.5 Å². The summed E-state index contributed by atoms with van der Waals surface area (Å²) in [5, 5.41) is 3.86. The lowest BCUT2D eigenvalue weighted by molar-refractivity contribution is 0.416. The van der Waals surface area contributed by atoms with Gasteiger partial charge in [0, 0.05) is 5.56 Å². The maximum absolute atomic E-state index is 5.97. The molecule has 0 radical (unpaired) electrons. The van der Waals surface area contributed by atoms with Gasteiger partial charge < -0.3 is 15.0 Å². The number of nitrogen functional groups attached to an aromatic ring is 1. The molecule has 2 heterocycles. The Balaban J connectivity index is 2.21. The maximum atomic E-state index is 5.97. The highest BCUT2D eigenvalue weighted by atomic mass is 35.5. The van der Waals surface area contributed by atoms with Gasteiger partial charge in [-0.3, -0.25) is 0 Å². The molecule has 0 saturated carbocycles. The van der Waals surface area contributed by atoms with Crippen molar-refractivity contribution < 1.29 is 9.26 Å². The van der Waals surface area contributed by atoms with E-state index in [1.807, 2.05) is 36.4 Å². The number of hydrogen-bond donors (Lipinski definition) is 1. The monoisotopic (exact) mass is 306 g/mol. The second-order valence-electron chi connectivity index (χ2n) is 4.08. The molecule has 0 aliphatic carbocycles. The molecule has 1 aromatic carbocycles. The van der Waals surface area contributed by atoms with Crippen molar-refractivity contribution in [1.82, 2.24) is 5.16 Å². The fourth-order valence-corrected chi connectivity index (χ4v) is 3.05. The van der Waals surface area contributed by atoms with Crippen LogP contribution in [0.25, 0.3) is 21.8 Å². The number of aromatic nitrogens is 1. The van der Waals surface area contributed by atoms with Crippen molar-refractivity contribution in [3.05, 3.63) is 40.7 Å². The highest BCUT2D eigenvalue weighted by Gasteiger charge is 2.21. The lowest BCUT2D eigenvalue weighted by Crippen LogP contribution is -1.92. The number of rotatable bonds is 3. The number of anilines is 1. The molecule has 0 amide bonds. The van der Waals surface area contributed by atoms with Gasteiger partial charge in [0.2, 0.25) is 0 Å². The molecule has 3 aromatic rings. The molecular formula is C14H11ClN2O2S. The number of thiophene rings is 1. The molecule has 102 valence electrons. The van der Waals surface area contributed by atoms with Gasteiger partial charge in [-0.2, -0.15) is 0 Å². The molecule has 0 bridgehead atoms. The predicted octanol–water partition coefficient (Wildman–Crippen LogP) is 4.31. The molecule has 0 aliphatic heterocycles. The summed E-state index contributed by atoms with van der Waals surface area (Å²) in [5.74, 6) is 1.64. The first kappa shape index (κ1) is 13.0. The Bertz CT molecular complexity index is 751. The van der Waals surface area contributed by atoms with E-state index in [2.05, 4.69) is 5.16 Å². The predicted molar refractivity (Wildman–Crippen MR) is 81.2 cm³/mol. The lowest BCUT2D eigenvalue weighted by Gasteiger charge is -2.07. The minimum atomic E-state index is 0.328. The third-order valence-corrected chi connectivity index (χ3v) is 4.12. The number of para-hydroxylation sites is 1. The second-order valence-corrected chi connectivity index (χ2v) is 5.79. The van der Waals surface area contributed by atoms with Gasteiger partial charge in [0.1, 0.15) is 5.75 Å². The van der Waals surface area contributed by atoms with E-state index >= 15 is 0 Å². The minimum absolute atomic E-state index is 0.328. The van der Waals surface area contributed by atoms with Crippen molar-refractivity contribution in [3.8, 4) is 27.5 Å². The first-order chi connectivity index (χ1) is 9.70. The fraction of sp³-hybridized carbons (Fsp3) is 0.0714. The average molecular weight is 307 g/mol. The number of benzene rings is 1. The maximum Gasteiger partial charge on any atom is 0.187 e. The van der Waals surface area contributed by atoms with Gasteiger partial charge in [0.15, 0.2) is 11.6 Å². The van der Waals surface area contributed by atoms with Crippen LogP contribution in [0.5, 0.6) is 5.75 Å². The molecule has 0 spiro atoms. The normalized spacial score (nSPS) is 10.7. The average Bonchev–Trinajstić information content (AvgIpc) is 3.04. The molecule has 0 atom stereocenters. The molecule has 0 saturated heterocycles. The Morgan fingerprint density at radius 1 is 1.25 bits per heavy atom. The summed E-state index contributed by atoms with van der Waals surface area (Å²) in [6, 6.07) is 11.3. The van der Waals surface area contributed by atoms with Crippen LogP contribution in [0.4, 0.5) is 5.82 Å². The van der Waals surface area contributed by atoms with Gasteiger partial charge in [0.25, 0.3) is 0 Å². The van der Waals surface area contributed by atoms with Crippen molar-refractivity contribution >= 4 is 28.8 Å². The van der Waals surface area contributed by atoms with E-state index in [-0.39, 0.29) is 0 Å². The largest absolute Gasteiger partial charge is 0.496 e. The molecule has 3 rings (SSSR count). The van der Waals surface area contributed by atoms with Gasteiger partial charge >= 0.3 is 0 Å². The molecule has 6 heteroatoms. The second kappa shape index (κ2) is 5.19. The first-order valence-electron chi connectivity index (χ1n) is 5.85. The van der Waals surface area contributed by atoms with E-state index in [0.717, 1.165) is 16.0 Å². The quantitative estimate of drug-likeness (QED) is 0.783. The van der Waals surface area contributed by atoms with Crippen LogP contribution >= 0.6 is 22.9 Å². The molecule has 0 unspecified atom stereocenters. The third kappa shape index (κ3) is 2.15. The van der Waals surface area contributed by atoms with Crippen molar-refractivity contribution in [3.63, 3.8) is 0 Å². The third-order valence-electron chi connectivity index (χ3n) is 2.89. The van der Waals surface area contributed by atoms with Crippen molar-refractivity contribution in [2.45, 2.75) is 0 Å². The molecule has 20 heavy (non-hydrogen) atoms. The van der Waals surface area contributed by atoms with Crippen LogP contribution in [-0.2, 0) is 0 Å². The molecule has 2 aromatic heterocycles. The van der Waals surface area contributed by atoms with Crippen molar-refractivity contribution in [1.29, 1.82) is 0 Å². The van der Waals surface area contributed by atoms with Gasteiger partial charge in [-0.05, 0) is 18.2 Å². The number of nitrogens with two attached hydrogens (primary N) is 1. The SMILES string of the molecule is COc1ccccc1-c1c(N)noc1-c1ccc(Cl)s1. The van der Waals surface area contributed by atoms with Gasteiger partial charge in [-0.1, -0.05) is 35.0 Å². The number of methoxy groups -OCH3 is 1. The minimum Gasteiger partial charge on any atom is -0.496 e. The summed E-state index contributed by atoms with van der Waals surface area (Å²) >= 11 is 7.39. The van der Waals surface area contributed by atoms with E-state index in [0.29, 0.717) is 21.7 Å². The fourth-order valence-electron chi connectivity index (χ4n) is 2.02. The highest BCUT2D eigenvalue weighted by Crippen LogP contribution is 2.43. The number of nitrogens with zero attached hydrogens (tertiary/aromatic N) is 1. The summed E-state index contributed by atoms with van der Waals surface area (Å²) in [6.45, 7) is 0. The number of hydrogen-bond acceptors (Lipinski definition) is 5. The molecule has 0 aliphatic rings. The van der Waals surface area contributed by atoms with Gasteiger partial charge in [-0.15, -0.1) is 11.3 Å². The zero-order valence-corrected chi connectivity index (χ0v) is 12.2. The number of halogens is 1.